The van der Waals surface area contributed by atoms with Gasteiger partial charge in [-0.2, -0.15) is 4.39 Å². The zero-order chi connectivity index (χ0) is 15.1. The molecule has 0 aliphatic rings. The molecule has 0 unspecified atom stereocenters. The summed E-state index contributed by atoms with van der Waals surface area (Å²) in [6.07, 6.45) is 0. The van der Waals surface area contributed by atoms with Crippen LogP contribution in [0.1, 0.15) is 0 Å². The van der Waals surface area contributed by atoms with Crippen LogP contribution in [0.3, 0.4) is 0 Å². The number of benzene rings is 2. The average Bonchev–Trinajstić information content (AvgIpc) is 2.91. The van der Waals surface area contributed by atoms with Gasteiger partial charge in [-0.1, -0.05) is 0 Å². The maximum absolute atomic E-state index is 13.9. The van der Waals surface area contributed by atoms with Crippen LogP contribution in [0.25, 0.3) is 20.8 Å². The lowest BCUT2D eigenvalue weighted by atomic mass is 10.2. The van der Waals surface area contributed by atoms with Crippen molar-refractivity contribution in [3.63, 3.8) is 0 Å². The number of phenols is 1. The fraction of sp³-hybridized carbons (Fsp3) is 0.0714. The molecule has 0 fully saturated rings. The molecule has 3 nitrogen and oxygen atoms in total. The van der Waals surface area contributed by atoms with Gasteiger partial charge >= 0.3 is 0 Å². The summed E-state index contributed by atoms with van der Waals surface area (Å²) in [6.45, 7) is 0. The second kappa shape index (κ2) is 4.92. The number of aromatic hydroxyl groups is 1. The Kier molecular flexibility index (Phi) is 3.21. The first kappa shape index (κ1) is 13.7. The summed E-state index contributed by atoms with van der Waals surface area (Å²) in [5.74, 6) is -4.92. The largest absolute Gasteiger partial charge is 0.503 e. The number of ether oxygens (including phenoxy) is 1. The maximum atomic E-state index is 13.9. The second-order valence-corrected chi connectivity index (χ2v) is 5.27. The van der Waals surface area contributed by atoms with Crippen molar-refractivity contribution in [1.82, 2.24) is 4.98 Å². The molecule has 0 saturated heterocycles. The molecule has 0 amide bonds. The number of phenolic OH excluding ortho intramolecular Hbond substituents is 1. The van der Waals surface area contributed by atoms with E-state index in [0.29, 0.717) is 22.0 Å². The molecule has 1 heterocycles. The molecule has 0 spiro atoms. The van der Waals surface area contributed by atoms with Crippen molar-refractivity contribution >= 4 is 21.6 Å². The van der Waals surface area contributed by atoms with Gasteiger partial charge in [0.05, 0.1) is 22.9 Å². The number of nitrogens with zero attached hydrogens (tertiary/aromatic N) is 1. The Morgan fingerprint density at radius 2 is 1.90 bits per heavy atom. The molecule has 0 saturated carbocycles. The van der Waals surface area contributed by atoms with E-state index in [-0.39, 0.29) is 10.6 Å². The summed E-state index contributed by atoms with van der Waals surface area (Å²) in [5, 5.41) is 9.40. The Morgan fingerprint density at radius 1 is 1.14 bits per heavy atom. The van der Waals surface area contributed by atoms with Gasteiger partial charge in [-0.05, 0) is 24.3 Å². The van der Waals surface area contributed by atoms with Crippen molar-refractivity contribution in [2.24, 2.45) is 0 Å². The normalized spacial score (nSPS) is 11.0. The van der Waals surface area contributed by atoms with E-state index in [1.807, 2.05) is 0 Å². The van der Waals surface area contributed by atoms with Gasteiger partial charge in [-0.3, -0.25) is 0 Å². The minimum atomic E-state index is -1.61. The van der Waals surface area contributed by atoms with Crippen molar-refractivity contribution < 1.29 is 23.0 Å². The number of thiazole rings is 1. The van der Waals surface area contributed by atoms with Crippen molar-refractivity contribution in [2.45, 2.75) is 0 Å². The molecular weight excluding hydrogens is 303 g/mol. The van der Waals surface area contributed by atoms with E-state index in [2.05, 4.69) is 4.98 Å². The minimum Gasteiger partial charge on any atom is -0.503 e. The van der Waals surface area contributed by atoms with E-state index in [1.165, 1.54) is 7.11 Å². The number of hydrogen-bond donors (Lipinski definition) is 1. The molecular formula is C14H8F3NO2S. The van der Waals surface area contributed by atoms with Crippen LogP contribution in [-0.2, 0) is 0 Å². The number of aromatic nitrogens is 1. The predicted molar refractivity (Wildman–Crippen MR) is 73.1 cm³/mol. The van der Waals surface area contributed by atoms with E-state index in [0.717, 1.165) is 11.3 Å². The molecule has 0 aliphatic heterocycles. The highest BCUT2D eigenvalue weighted by atomic mass is 32.1. The highest BCUT2D eigenvalue weighted by Gasteiger charge is 2.21. The fourth-order valence-electron chi connectivity index (χ4n) is 1.89. The number of hydrogen-bond acceptors (Lipinski definition) is 4. The molecule has 21 heavy (non-hydrogen) atoms. The Balaban J connectivity index is 2.21. The zero-order valence-electron chi connectivity index (χ0n) is 10.7. The highest BCUT2D eigenvalue weighted by Crippen LogP contribution is 2.37. The number of methoxy groups -OCH3 is 1. The van der Waals surface area contributed by atoms with Gasteiger partial charge in [-0.25, -0.2) is 13.8 Å². The summed E-state index contributed by atoms with van der Waals surface area (Å²) in [6, 6.07) is 5.74. The van der Waals surface area contributed by atoms with Crippen LogP contribution in [0.2, 0.25) is 0 Å². The molecule has 0 atom stereocenters. The molecule has 1 N–H and O–H groups in total. The molecule has 108 valence electrons. The van der Waals surface area contributed by atoms with Gasteiger partial charge in [0.15, 0.2) is 17.4 Å². The summed E-state index contributed by atoms with van der Waals surface area (Å²) < 4.78 is 46.1. The van der Waals surface area contributed by atoms with E-state index in [4.69, 9.17) is 4.74 Å². The van der Waals surface area contributed by atoms with Gasteiger partial charge in [0.25, 0.3) is 0 Å². The van der Waals surface area contributed by atoms with Gasteiger partial charge in [-0.15, -0.1) is 11.3 Å². The second-order valence-electron chi connectivity index (χ2n) is 4.24. The van der Waals surface area contributed by atoms with Crippen LogP contribution in [0, 0.1) is 17.5 Å². The predicted octanol–water partition coefficient (Wildman–Crippen LogP) is 4.09. The van der Waals surface area contributed by atoms with Crippen LogP contribution < -0.4 is 4.74 Å². The quantitative estimate of drug-likeness (QED) is 0.725. The molecule has 3 rings (SSSR count). The molecule has 0 bridgehead atoms. The summed E-state index contributed by atoms with van der Waals surface area (Å²) >= 11 is 1.09. The lowest BCUT2D eigenvalue weighted by molar-refractivity contribution is 0.377. The smallest absolute Gasteiger partial charge is 0.203 e. The third-order valence-corrected chi connectivity index (χ3v) is 4.01. The first-order valence-electron chi connectivity index (χ1n) is 5.82. The van der Waals surface area contributed by atoms with Crippen molar-refractivity contribution in [3.8, 4) is 22.1 Å². The SMILES string of the molecule is COc1ccc2nc(-c3cc(F)c(F)c(O)c3F)sc2c1. The van der Waals surface area contributed by atoms with Gasteiger partial charge < -0.3 is 9.84 Å². The topological polar surface area (TPSA) is 42.4 Å². The highest BCUT2D eigenvalue weighted by molar-refractivity contribution is 7.21. The van der Waals surface area contributed by atoms with Gasteiger partial charge in [0.2, 0.25) is 5.82 Å². The van der Waals surface area contributed by atoms with Crippen LogP contribution in [-0.4, -0.2) is 17.2 Å². The fourth-order valence-corrected chi connectivity index (χ4v) is 2.90. The standard InChI is InChI=1S/C14H8F3NO2S/c1-20-6-2-3-9-10(4-6)21-14(18-9)7-5-8(15)12(17)13(19)11(7)16/h2-5,19H,1H3. The van der Waals surface area contributed by atoms with E-state index in [1.54, 1.807) is 18.2 Å². The third kappa shape index (κ3) is 2.19. The Bertz CT molecular complexity index is 848. The van der Waals surface area contributed by atoms with Gasteiger partial charge in [0.1, 0.15) is 10.8 Å². The Labute approximate surface area is 121 Å². The average molecular weight is 311 g/mol. The summed E-state index contributed by atoms with van der Waals surface area (Å²) in [4.78, 5) is 4.15. The van der Waals surface area contributed by atoms with E-state index < -0.39 is 23.2 Å². The monoisotopic (exact) mass is 311 g/mol. The van der Waals surface area contributed by atoms with Crippen molar-refractivity contribution in [2.75, 3.05) is 7.11 Å². The minimum absolute atomic E-state index is 0.143. The molecule has 7 heteroatoms. The van der Waals surface area contributed by atoms with Gasteiger partial charge in [0, 0.05) is 0 Å². The number of fused-ring (bicyclic) bond motifs is 1. The Hall–Kier alpha value is -2.28. The van der Waals surface area contributed by atoms with Crippen LogP contribution in [0.4, 0.5) is 13.2 Å². The van der Waals surface area contributed by atoms with Crippen LogP contribution in [0.15, 0.2) is 24.3 Å². The lowest BCUT2D eigenvalue weighted by Crippen LogP contribution is -1.93. The maximum Gasteiger partial charge on any atom is 0.203 e. The van der Waals surface area contributed by atoms with Crippen molar-refractivity contribution in [3.05, 3.63) is 41.7 Å². The molecule has 2 aromatic carbocycles. The van der Waals surface area contributed by atoms with E-state index in [9.17, 15) is 18.3 Å². The lowest BCUT2D eigenvalue weighted by Gasteiger charge is -2.03. The molecule has 0 radical (unpaired) electrons. The summed E-state index contributed by atoms with van der Waals surface area (Å²) in [7, 11) is 1.51. The number of rotatable bonds is 2. The first-order chi connectivity index (χ1) is 10.0. The third-order valence-electron chi connectivity index (χ3n) is 2.96. The Morgan fingerprint density at radius 3 is 2.62 bits per heavy atom. The zero-order valence-corrected chi connectivity index (χ0v) is 11.5. The first-order valence-corrected chi connectivity index (χ1v) is 6.64. The van der Waals surface area contributed by atoms with Crippen LogP contribution in [0.5, 0.6) is 11.5 Å². The molecule has 1 aromatic heterocycles. The summed E-state index contributed by atoms with van der Waals surface area (Å²) in [5.41, 5.74) is 0.283. The van der Waals surface area contributed by atoms with E-state index >= 15 is 0 Å². The molecule has 0 aliphatic carbocycles. The molecule has 3 aromatic rings. The van der Waals surface area contributed by atoms with Crippen molar-refractivity contribution in [1.29, 1.82) is 0 Å². The number of halogens is 3. The van der Waals surface area contributed by atoms with Crippen LogP contribution >= 0.6 is 11.3 Å².